The Morgan fingerprint density at radius 2 is 0.815 bits per heavy atom. The number of ether oxygens (including phenoxy) is 4. The van der Waals surface area contributed by atoms with Crippen molar-refractivity contribution in [1.29, 1.82) is 0 Å². The van der Waals surface area contributed by atoms with Crippen LogP contribution in [-0.2, 0) is 18.9 Å². The predicted molar refractivity (Wildman–Crippen MR) is 109 cm³/mol. The first kappa shape index (κ1) is 23.1. The van der Waals surface area contributed by atoms with Gasteiger partial charge in [-0.25, -0.2) is 0 Å². The smallest absolute Gasteiger partial charge is 0.303 e. The van der Waals surface area contributed by atoms with Crippen LogP contribution in [0.4, 0.5) is 0 Å². The Hall–Kier alpha value is -0.160. The standard InChI is InChI=1S/C23H44O4/c1-19(2,3)21(7,8)11-17-13-24-23(25-14-17)26-15-18(16-27-23)12-22(9,10)20(4,5)6/h17-18H,11-16H2,1-10H3. The summed E-state index contributed by atoms with van der Waals surface area (Å²) in [5.41, 5.74) is 0.916. The van der Waals surface area contributed by atoms with Gasteiger partial charge in [-0.05, 0) is 34.5 Å². The zero-order valence-electron chi connectivity index (χ0n) is 19.5. The summed E-state index contributed by atoms with van der Waals surface area (Å²) >= 11 is 0. The average molecular weight is 385 g/mol. The van der Waals surface area contributed by atoms with Gasteiger partial charge in [-0.15, -0.1) is 0 Å². The maximum atomic E-state index is 5.96. The molecule has 4 nitrogen and oxygen atoms in total. The van der Waals surface area contributed by atoms with Crippen molar-refractivity contribution in [3.8, 4) is 0 Å². The number of hydrogen-bond donors (Lipinski definition) is 0. The lowest BCUT2D eigenvalue weighted by Gasteiger charge is -2.47. The first-order valence-electron chi connectivity index (χ1n) is 10.6. The molecule has 0 N–H and O–H groups in total. The summed E-state index contributed by atoms with van der Waals surface area (Å²) in [6.45, 7) is 25.6. The van der Waals surface area contributed by atoms with Crippen LogP contribution in [0.15, 0.2) is 0 Å². The predicted octanol–water partition coefficient (Wildman–Crippen LogP) is 5.85. The molecule has 0 aliphatic carbocycles. The zero-order chi connectivity index (χ0) is 20.7. The Balaban J connectivity index is 1.84. The first-order chi connectivity index (χ1) is 12.1. The summed E-state index contributed by atoms with van der Waals surface area (Å²) in [5.74, 6) is 0.740. The van der Waals surface area contributed by atoms with Crippen LogP contribution in [0, 0.1) is 33.5 Å². The second kappa shape index (κ2) is 7.59. The minimum Gasteiger partial charge on any atom is -0.303 e. The van der Waals surface area contributed by atoms with E-state index in [1.54, 1.807) is 0 Å². The van der Waals surface area contributed by atoms with Crippen LogP contribution in [-0.4, -0.2) is 32.6 Å². The molecule has 1 spiro atoms. The monoisotopic (exact) mass is 384 g/mol. The van der Waals surface area contributed by atoms with Crippen molar-refractivity contribution in [3.63, 3.8) is 0 Å². The molecule has 0 aromatic heterocycles. The maximum Gasteiger partial charge on any atom is 0.412 e. The highest BCUT2D eigenvalue weighted by Gasteiger charge is 2.47. The second-order valence-corrected chi connectivity index (χ2v) is 12.2. The zero-order valence-corrected chi connectivity index (χ0v) is 19.5. The largest absolute Gasteiger partial charge is 0.412 e. The Morgan fingerprint density at radius 3 is 1.04 bits per heavy atom. The van der Waals surface area contributed by atoms with Crippen molar-refractivity contribution in [3.05, 3.63) is 0 Å². The fourth-order valence-electron chi connectivity index (χ4n) is 3.52. The third kappa shape index (κ3) is 5.46. The van der Waals surface area contributed by atoms with E-state index < -0.39 is 6.16 Å². The lowest BCUT2D eigenvalue weighted by Crippen LogP contribution is -2.54. The van der Waals surface area contributed by atoms with E-state index in [1.807, 2.05) is 0 Å². The molecule has 0 unspecified atom stereocenters. The summed E-state index contributed by atoms with van der Waals surface area (Å²) in [5, 5.41) is 0. The second-order valence-electron chi connectivity index (χ2n) is 12.2. The molecule has 0 aromatic rings. The lowest BCUT2D eigenvalue weighted by molar-refractivity contribution is -0.536. The van der Waals surface area contributed by atoms with Gasteiger partial charge in [0.05, 0.1) is 26.4 Å². The van der Waals surface area contributed by atoms with Gasteiger partial charge >= 0.3 is 6.16 Å². The molecular formula is C23H44O4. The van der Waals surface area contributed by atoms with Crippen molar-refractivity contribution >= 4 is 0 Å². The van der Waals surface area contributed by atoms with E-state index in [0.717, 1.165) is 12.8 Å². The Morgan fingerprint density at radius 1 is 0.556 bits per heavy atom. The molecule has 0 atom stereocenters. The van der Waals surface area contributed by atoms with Crippen LogP contribution in [0.3, 0.4) is 0 Å². The quantitative estimate of drug-likeness (QED) is 0.609. The van der Waals surface area contributed by atoms with Crippen LogP contribution in [0.1, 0.15) is 82.1 Å². The molecule has 2 aliphatic heterocycles. The normalized spacial score (nSPS) is 31.3. The Bertz CT molecular complexity index is 430. The van der Waals surface area contributed by atoms with E-state index >= 15 is 0 Å². The molecule has 160 valence electrons. The Labute approximate surface area is 167 Å². The van der Waals surface area contributed by atoms with E-state index in [0.29, 0.717) is 38.3 Å². The van der Waals surface area contributed by atoms with Gasteiger partial charge in [0, 0.05) is 11.8 Å². The molecule has 0 saturated carbocycles. The molecule has 2 saturated heterocycles. The van der Waals surface area contributed by atoms with Crippen molar-refractivity contribution in [2.75, 3.05) is 26.4 Å². The van der Waals surface area contributed by atoms with Gasteiger partial charge < -0.3 is 18.9 Å². The molecule has 2 rings (SSSR count). The van der Waals surface area contributed by atoms with Gasteiger partial charge in [-0.2, -0.15) is 0 Å². The topological polar surface area (TPSA) is 36.9 Å². The highest BCUT2D eigenvalue weighted by molar-refractivity contribution is 4.87. The van der Waals surface area contributed by atoms with Crippen molar-refractivity contribution in [2.24, 2.45) is 33.5 Å². The molecule has 2 aliphatic rings. The fraction of sp³-hybridized carbons (Fsp3) is 1.00. The van der Waals surface area contributed by atoms with E-state index in [1.165, 1.54) is 0 Å². The summed E-state index contributed by atoms with van der Waals surface area (Å²) in [6, 6.07) is 0. The van der Waals surface area contributed by atoms with Crippen LogP contribution in [0.5, 0.6) is 0 Å². The van der Waals surface area contributed by atoms with Crippen LogP contribution >= 0.6 is 0 Å². The number of hydrogen-bond acceptors (Lipinski definition) is 4. The minimum absolute atomic E-state index is 0.215. The van der Waals surface area contributed by atoms with E-state index in [4.69, 9.17) is 18.9 Å². The van der Waals surface area contributed by atoms with E-state index in [-0.39, 0.29) is 21.7 Å². The summed E-state index contributed by atoms with van der Waals surface area (Å²) in [6.07, 6.45) is 0.856. The fourth-order valence-corrected chi connectivity index (χ4v) is 3.52. The van der Waals surface area contributed by atoms with Gasteiger partial charge in [0.25, 0.3) is 0 Å². The van der Waals surface area contributed by atoms with E-state index in [2.05, 4.69) is 69.2 Å². The molecule has 0 bridgehead atoms. The van der Waals surface area contributed by atoms with Gasteiger partial charge in [0.15, 0.2) is 0 Å². The molecule has 0 amide bonds. The average Bonchev–Trinajstić information content (AvgIpc) is 2.49. The minimum atomic E-state index is -1.27. The Kier molecular flexibility index (Phi) is 6.50. The van der Waals surface area contributed by atoms with Crippen LogP contribution in [0.25, 0.3) is 0 Å². The number of rotatable bonds is 4. The maximum absolute atomic E-state index is 5.96. The van der Waals surface area contributed by atoms with Crippen molar-refractivity contribution in [2.45, 2.75) is 88.2 Å². The van der Waals surface area contributed by atoms with Gasteiger partial charge in [0.1, 0.15) is 0 Å². The molecular weight excluding hydrogens is 340 g/mol. The van der Waals surface area contributed by atoms with Crippen LogP contribution in [0.2, 0.25) is 0 Å². The third-order valence-corrected chi connectivity index (χ3v) is 7.64. The lowest BCUT2D eigenvalue weighted by atomic mass is 9.65. The van der Waals surface area contributed by atoms with Crippen LogP contribution < -0.4 is 0 Å². The first-order valence-corrected chi connectivity index (χ1v) is 10.6. The molecule has 4 heteroatoms. The molecule has 2 heterocycles. The molecule has 0 aromatic carbocycles. The van der Waals surface area contributed by atoms with Crippen molar-refractivity contribution < 1.29 is 18.9 Å². The summed E-state index contributed by atoms with van der Waals surface area (Å²) < 4.78 is 23.8. The van der Waals surface area contributed by atoms with E-state index in [9.17, 15) is 0 Å². The molecule has 2 fully saturated rings. The summed E-state index contributed by atoms with van der Waals surface area (Å²) in [7, 11) is 0. The van der Waals surface area contributed by atoms with Crippen molar-refractivity contribution in [1.82, 2.24) is 0 Å². The highest BCUT2D eigenvalue weighted by Crippen LogP contribution is 2.46. The molecule has 27 heavy (non-hydrogen) atoms. The SMILES string of the molecule is CC(C)(C)C(C)(C)CC1COC2(OC1)OCC(CC(C)(C)C(C)(C)C)CO2. The van der Waals surface area contributed by atoms with Gasteiger partial charge in [0.2, 0.25) is 0 Å². The summed E-state index contributed by atoms with van der Waals surface area (Å²) in [4.78, 5) is 0. The van der Waals surface area contributed by atoms with Gasteiger partial charge in [-0.1, -0.05) is 69.2 Å². The van der Waals surface area contributed by atoms with Gasteiger partial charge in [-0.3, -0.25) is 0 Å². The third-order valence-electron chi connectivity index (χ3n) is 7.64. The molecule has 0 radical (unpaired) electrons. The highest BCUT2D eigenvalue weighted by atomic mass is 17.0.